The molecule has 2 aromatic rings. The van der Waals surface area contributed by atoms with E-state index in [9.17, 15) is 17.6 Å². The van der Waals surface area contributed by atoms with Gasteiger partial charge in [-0.05, 0) is 49.9 Å². The van der Waals surface area contributed by atoms with E-state index in [1.165, 1.54) is 16.4 Å². The van der Waals surface area contributed by atoms with E-state index in [1.807, 2.05) is 6.20 Å². The molecule has 3 rings (SSSR count). The Labute approximate surface area is 164 Å². The van der Waals surface area contributed by atoms with Gasteiger partial charge in [-0.1, -0.05) is 0 Å². The van der Waals surface area contributed by atoms with Gasteiger partial charge in [0, 0.05) is 49.8 Å². The summed E-state index contributed by atoms with van der Waals surface area (Å²) in [6, 6.07) is 4.44. The lowest BCUT2D eigenvalue weighted by molar-refractivity contribution is 0.164. The third kappa shape index (κ3) is 4.47. The van der Waals surface area contributed by atoms with Crippen molar-refractivity contribution in [2.24, 2.45) is 0 Å². The van der Waals surface area contributed by atoms with Crippen LogP contribution in [0.3, 0.4) is 0 Å². The fourth-order valence-electron chi connectivity index (χ4n) is 3.64. The first kappa shape index (κ1) is 20.6. The number of sulfonamides is 1. The number of aromatic nitrogens is 1. The molecule has 1 fully saturated rings. The number of aromatic amines is 1. The van der Waals surface area contributed by atoms with Gasteiger partial charge in [0.2, 0.25) is 10.0 Å². The van der Waals surface area contributed by atoms with Crippen molar-refractivity contribution in [1.82, 2.24) is 19.5 Å². The van der Waals surface area contributed by atoms with Gasteiger partial charge in [0.05, 0.1) is 5.75 Å². The van der Waals surface area contributed by atoms with Crippen molar-refractivity contribution in [2.45, 2.75) is 32.2 Å². The molecule has 2 heterocycles. The number of nitrogens with zero attached hydrogens (tertiary/aromatic N) is 2. The molecule has 1 saturated heterocycles. The Balaban J connectivity index is 1.47. The number of rotatable bonds is 6. The first-order valence-corrected chi connectivity index (χ1v) is 11.2. The molecule has 0 aliphatic carbocycles. The highest BCUT2D eigenvalue weighted by Gasteiger charge is 2.30. The fraction of sp³-hybridized carbons (Fsp3) is 0.526. The fourth-order valence-corrected chi connectivity index (χ4v) is 4.72. The second-order valence-corrected chi connectivity index (χ2v) is 9.44. The van der Waals surface area contributed by atoms with Gasteiger partial charge in [-0.15, -0.1) is 0 Å². The van der Waals surface area contributed by atoms with Crippen LogP contribution < -0.4 is 5.32 Å². The van der Waals surface area contributed by atoms with E-state index in [0.717, 1.165) is 16.5 Å². The lowest BCUT2D eigenvalue weighted by Gasteiger charge is -2.36. The van der Waals surface area contributed by atoms with E-state index in [1.54, 1.807) is 24.9 Å². The number of fused-ring (bicyclic) bond motifs is 1. The molecule has 0 saturated carbocycles. The molecule has 0 spiro atoms. The zero-order valence-electron chi connectivity index (χ0n) is 16.2. The van der Waals surface area contributed by atoms with Crippen LogP contribution >= 0.6 is 0 Å². The maximum absolute atomic E-state index is 13.3. The quantitative estimate of drug-likeness (QED) is 0.766. The Morgan fingerprint density at radius 3 is 2.75 bits per heavy atom. The van der Waals surface area contributed by atoms with Crippen LogP contribution in [0.5, 0.6) is 0 Å². The minimum absolute atomic E-state index is 0.0550. The SMILES string of the molecule is CCS(=O)(=O)N(C)C1CCN(C(=O)NCCc2c[nH]c3cc(F)ccc23)CC1. The van der Waals surface area contributed by atoms with E-state index in [2.05, 4.69) is 10.3 Å². The Hall–Kier alpha value is -2.13. The molecule has 9 heteroatoms. The second kappa shape index (κ2) is 8.48. The summed E-state index contributed by atoms with van der Waals surface area (Å²) in [6.45, 7) is 3.19. The monoisotopic (exact) mass is 410 g/mol. The van der Waals surface area contributed by atoms with Crippen LogP contribution in [-0.4, -0.2) is 67.1 Å². The summed E-state index contributed by atoms with van der Waals surface area (Å²) in [7, 11) is -1.59. The van der Waals surface area contributed by atoms with Gasteiger partial charge in [-0.2, -0.15) is 0 Å². The molecule has 0 atom stereocenters. The highest BCUT2D eigenvalue weighted by Crippen LogP contribution is 2.20. The number of H-pyrrole nitrogens is 1. The third-order valence-electron chi connectivity index (χ3n) is 5.47. The molecule has 154 valence electrons. The first-order valence-electron chi connectivity index (χ1n) is 9.56. The second-order valence-electron chi connectivity index (χ2n) is 7.12. The van der Waals surface area contributed by atoms with Crippen LogP contribution in [0.25, 0.3) is 10.9 Å². The van der Waals surface area contributed by atoms with Gasteiger partial charge in [-0.25, -0.2) is 21.9 Å². The Bertz CT molecular complexity index is 936. The van der Waals surface area contributed by atoms with E-state index >= 15 is 0 Å². The maximum Gasteiger partial charge on any atom is 0.317 e. The summed E-state index contributed by atoms with van der Waals surface area (Å²) >= 11 is 0. The highest BCUT2D eigenvalue weighted by molar-refractivity contribution is 7.89. The number of carbonyl (C=O) groups excluding carboxylic acids is 1. The Morgan fingerprint density at radius 1 is 1.36 bits per heavy atom. The lowest BCUT2D eigenvalue weighted by atomic mass is 10.1. The summed E-state index contributed by atoms with van der Waals surface area (Å²) < 4.78 is 38.7. The van der Waals surface area contributed by atoms with Crippen molar-refractivity contribution in [3.8, 4) is 0 Å². The molecule has 0 radical (unpaired) electrons. The van der Waals surface area contributed by atoms with Crippen molar-refractivity contribution in [2.75, 3.05) is 32.4 Å². The smallest absolute Gasteiger partial charge is 0.317 e. The zero-order valence-corrected chi connectivity index (χ0v) is 17.1. The van der Waals surface area contributed by atoms with Crippen LogP contribution in [0.2, 0.25) is 0 Å². The van der Waals surface area contributed by atoms with Crippen LogP contribution in [0.4, 0.5) is 9.18 Å². The molecular formula is C19H27FN4O3S. The van der Waals surface area contributed by atoms with E-state index in [-0.39, 0.29) is 23.6 Å². The Kier molecular flexibility index (Phi) is 6.24. The number of benzene rings is 1. The summed E-state index contributed by atoms with van der Waals surface area (Å²) in [6.07, 6.45) is 3.76. The average Bonchev–Trinajstić information content (AvgIpc) is 3.09. The molecule has 28 heavy (non-hydrogen) atoms. The number of amides is 2. The van der Waals surface area contributed by atoms with Gasteiger partial charge in [0.1, 0.15) is 5.82 Å². The largest absolute Gasteiger partial charge is 0.361 e. The van der Waals surface area contributed by atoms with Crippen molar-refractivity contribution in [1.29, 1.82) is 0 Å². The molecule has 2 amide bonds. The number of likely N-dealkylation sites (tertiary alicyclic amines) is 1. The van der Waals surface area contributed by atoms with Gasteiger partial charge < -0.3 is 15.2 Å². The predicted octanol–water partition coefficient (Wildman–Crippen LogP) is 2.31. The maximum atomic E-state index is 13.3. The van der Waals surface area contributed by atoms with Crippen LogP contribution in [0.15, 0.2) is 24.4 Å². The van der Waals surface area contributed by atoms with E-state index in [4.69, 9.17) is 0 Å². The minimum Gasteiger partial charge on any atom is -0.361 e. The molecule has 7 nitrogen and oxygen atoms in total. The summed E-state index contributed by atoms with van der Waals surface area (Å²) in [4.78, 5) is 17.2. The van der Waals surface area contributed by atoms with E-state index < -0.39 is 10.0 Å². The van der Waals surface area contributed by atoms with Gasteiger partial charge >= 0.3 is 6.03 Å². The number of urea groups is 1. The van der Waals surface area contributed by atoms with Crippen molar-refractivity contribution >= 4 is 27.0 Å². The molecule has 0 unspecified atom stereocenters. The number of carbonyl (C=O) groups is 1. The Morgan fingerprint density at radius 2 is 2.07 bits per heavy atom. The number of halogens is 1. The summed E-state index contributed by atoms with van der Waals surface area (Å²) in [5.41, 5.74) is 1.77. The molecule has 1 aliphatic heterocycles. The van der Waals surface area contributed by atoms with Crippen molar-refractivity contribution < 1.29 is 17.6 Å². The molecular weight excluding hydrogens is 383 g/mol. The van der Waals surface area contributed by atoms with Gasteiger partial charge in [0.15, 0.2) is 0 Å². The van der Waals surface area contributed by atoms with Gasteiger partial charge in [0.25, 0.3) is 0 Å². The normalized spacial score (nSPS) is 16.1. The van der Waals surface area contributed by atoms with Crippen molar-refractivity contribution in [3.05, 3.63) is 35.8 Å². The predicted molar refractivity (Wildman–Crippen MR) is 107 cm³/mol. The molecule has 1 aliphatic rings. The molecule has 1 aromatic carbocycles. The number of hydrogen-bond acceptors (Lipinski definition) is 3. The van der Waals surface area contributed by atoms with Crippen LogP contribution in [-0.2, 0) is 16.4 Å². The van der Waals surface area contributed by atoms with Gasteiger partial charge in [-0.3, -0.25) is 0 Å². The standard InChI is InChI=1S/C19H27FN4O3S/c1-3-28(26,27)23(2)16-7-10-24(11-8-16)19(25)21-9-6-14-13-22-18-12-15(20)4-5-17(14)18/h4-5,12-13,16,22H,3,6-11H2,1-2H3,(H,21,25). The number of nitrogens with one attached hydrogen (secondary N) is 2. The van der Waals surface area contributed by atoms with Crippen LogP contribution in [0.1, 0.15) is 25.3 Å². The number of piperidine rings is 1. The molecule has 2 N–H and O–H groups in total. The number of hydrogen-bond donors (Lipinski definition) is 2. The highest BCUT2D eigenvalue weighted by atomic mass is 32.2. The minimum atomic E-state index is -3.21. The third-order valence-corrected chi connectivity index (χ3v) is 7.37. The molecule has 1 aromatic heterocycles. The summed E-state index contributed by atoms with van der Waals surface area (Å²) in [5, 5.41) is 3.87. The van der Waals surface area contributed by atoms with Crippen molar-refractivity contribution in [3.63, 3.8) is 0 Å². The van der Waals surface area contributed by atoms with E-state index in [0.29, 0.717) is 38.9 Å². The lowest BCUT2D eigenvalue weighted by Crippen LogP contribution is -2.50. The first-order chi connectivity index (χ1) is 13.3. The zero-order chi connectivity index (χ0) is 20.3. The average molecular weight is 411 g/mol. The van der Waals surface area contributed by atoms with Crippen LogP contribution in [0, 0.1) is 5.82 Å². The molecule has 0 bridgehead atoms. The topological polar surface area (TPSA) is 85.5 Å². The summed E-state index contributed by atoms with van der Waals surface area (Å²) in [5.74, 6) is -0.194.